The number of rotatable bonds is 7. The van der Waals surface area contributed by atoms with E-state index in [-0.39, 0.29) is 0 Å². The average molecular weight is 387 g/mol. The highest BCUT2D eigenvalue weighted by Crippen LogP contribution is 2.31. The third-order valence-corrected chi connectivity index (χ3v) is 5.98. The molecule has 4 rings (SSSR count). The summed E-state index contributed by atoms with van der Waals surface area (Å²) in [4.78, 5) is 4.94. The van der Waals surface area contributed by atoms with Crippen molar-refractivity contribution in [1.82, 2.24) is 9.80 Å². The lowest BCUT2D eigenvalue weighted by Crippen LogP contribution is -2.51. The van der Waals surface area contributed by atoms with Crippen LogP contribution in [0.15, 0.2) is 91.0 Å². The zero-order chi connectivity index (χ0) is 19.9. The lowest BCUT2D eigenvalue weighted by molar-refractivity contribution is 0.0170. The Bertz CT molecular complexity index is 819. The molecule has 1 heterocycles. The molecule has 1 N–H and O–H groups in total. The smallest absolute Gasteiger partial charge is 0.127 e. The first kappa shape index (κ1) is 19.8. The zero-order valence-electron chi connectivity index (χ0n) is 17.0. The Morgan fingerprint density at radius 1 is 0.621 bits per heavy atom. The van der Waals surface area contributed by atoms with Crippen LogP contribution >= 0.6 is 0 Å². The molecule has 0 saturated carbocycles. The summed E-state index contributed by atoms with van der Waals surface area (Å²) in [7, 11) is 0. The van der Waals surface area contributed by atoms with Crippen molar-refractivity contribution in [3.8, 4) is 0 Å². The van der Waals surface area contributed by atoms with Gasteiger partial charge in [-0.2, -0.15) is 0 Å². The van der Waals surface area contributed by atoms with E-state index in [1.54, 1.807) is 0 Å². The molecular formula is C26H30N2O. The minimum absolute atomic E-state index is 0.619. The topological polar surface area (TPSA) is 26.7 Å². The highest BCUT2D eigenvalue weighted by Gasteiger charge is 2.34. The van der Waals surface area contributed by atoms with Gasteiger partial charge in [0.05, 0.1) is 0 Å². The van der Waals surface area contributed by atoms with E-state index in [2.05, 4.69) is 40.1 Å². The summed E-state index contributed by atoms with van der Waals surface area (Å²) < 4.78 is 0. The molecule has 3 aromatic carbocycles. The number of hydrogen-bond donors (Lipinski definition) is 1. The third kappa shape index (κ3) is 4.94. The maximum atomic E-state index is 11.8. The van der Waals surface area contributed by atoms with Crippen LogP contribution in [-0.4, -0.2) is 54.2 Å². The van der Waals surface area contributed by atoms with Crippen LogP contribution < -0.4 is 0 Å². The molecule has 1 saturated heterocycles. The first-order valence-corrected chi connectivity index (χ1v) is 10.6. The molecule has 1 aliphatic rings. The maximum Gasteiger partial charge on any atom is 0.127 e. The van der Waals surface area contributed by atoms with Gasteiger partial charge in [-0.05, 0) is 23.1 Å². The van der Waals surface area contributed by atoms with Crippen LogP contribution in [0.25, 0.3) is 0 Å². The van der Waals surface area contributed by atoms with Gasteiger partial charge in [0.25, 0.3) is 0 Å². The van der Waals surface area contributed by atoms with Gasteiger partial charge in [0, 0.05) is 39.3 Å². The largest absolute Gasteiger partial charge is 0.379 e. The van der Waals surface area contributed by atoms with Crippen LogP contribution in [0.1, 0.15) is 16.7 Å². The fourth-order valence-corrected chi connectivity index (χ4v) is 4.20. The van der Waals surface area contributed by atoms with E-state index in [4.69, 9.17) is 0 Å². The molecule has 0 bridgehead atoms. The molecule has 150 valence electrons. The highest BCUT2D eigenvalue weighted by atomic mass is 16.3. The Labute approximate surface area is 174 Å². The predicted molar refractivity (Wildman–Crippen MR) is 119 cm³/mol. The number of piperazine rings is 1. The van der Waals surface area contributed by atoms with Gasteiger partial charge in [-0.1, -0.05) is 91.0 Å². The van der Waals surface area contributed by atoms with Crippen molar-refractivity contribution in [2.24, 2.45) is 0 Å². The minimum atomic E-state index is -0.991. The van der Waals surface area contributed by atoms with Crippen LogP contribution in [0.4, 0.5) is 0 Å². The Morgan fingerprint density at radius 3 is 1.59 bits per heavy atom. The number of hydrogen-bond acceptors (Lipinski definition) is 3. The van der Waals surface area contributed by atoms with Gasteiger partial charge in [0.2, 0.25) is 0 Å². The Kier molecular flexibility index (Phi) is 6.40. The van der Waals surface area contributed by atoms with Crippen LogP contribution in [0.3, 0.4) is 0 Å². The summed E-state index contributed by atoms with van der Waals surface area (Å²) in [5.41, 5.74) is 2.32. The summed E-state index contributed by atoms with van der Waals surface area (Å²) >= 11 is 0. The lowest BCUT2D eigenvalue weighted by atomic mass is 9.85. The van der Waals surface area contributed by atoms with E-state index in [0.29, 0.717) is 6.54 Å². The molecule has 29 heavy (non-hydrogen) atoms. The van der Waals surface area contributed by atoms with Crippen molar-refractivity contribution in [2.45, 2.75) is 12.0 Å². The first-order chi connectivity index (χ1) is 14.2. The van der Waals surface area contributed by atoms with Crippen molar-refractivity contribution < 1.29 is 5.11 Å². The molecule has 0 amide bonds. The van der Waals surface area contributed by atoms with Crippen LogP contribution in [0.2, 0.25) is 0 Å². The van der Waals surface area contributed by atoms with Gasteiger partial charge >= 0.3 is 0 Å². The summed E-state index contributed by atoms with van der Waals surface area (Å²) in [5, 5.41) is 11.8. The monoisotopic (exact) mass is 386 g/mol. The minimum Gasteiger partial charge on any atom is -0.379 e. The Hall–Kier alpha value is -2.46. The van der Waals surface area contributed by atoms with Crippen molar-refractivity contribution in [1.29, 1.82) is 0 Å². The van der Waals surface area contributed by atoms with E-state index in [1.807, 2.05) is 60.7 Å². The van der Waals surface area contributed by atoms with E-state index >= 15 is 0 Å². The fourth-order valence-electron chi connectivity index (χ4n) is 4.20. The quantitative estimate of drug-likeness (QED) is 0.669. The molecule has 0 radical (unpaired) electrons. The van der Waals surface area contributed by atoms with Gasteiger partial charge in [0.15, 0.2) is 0 Å². The van der Waals surface area contributed by atoms with Gasteiger partial charge in [-0.3, -0.25) is 4.90 Å². The second-order valence-electron chi connectivity index (χ2n) is 7.95. The average Bonchev–Trinajstić information content (AvgIpc) is 2.80. The van der Waals surface area contributed by atoms with E-state index < -0.39 is 5.60 Å². The summed E-state index contributed by atoms with van der Waals surface area (Å²) in [6, 6.07) is 30.8. The number of nitrogens with zero attached hydrogens (tertiary/aromatic N) is 2. The van der Waals surface area contributed by atoms with Crippen molar-refractivity contribution in [3.63, 3.8) is 0 Å². The molecule has 3 nitrogen and oxygen atoms in total. The van der Waals surface area contributed by atoms with Crippen LogP contribution in [0, 0.1) is 0 Å². The maximum absolute atomic E-state index is 11.8. The van der Waals surface area contributed by atoms with Crippen molar-refractivity contribution in [2.75, 3.05) is 39.3 Å². The molecule has 3 heteroatoms. The molecule has 0 unspecified atom stereocenters. The van der Waals surface area contributed by atoms with Gasteiger partial charge in [0.1, 0.15) is 5.60 Å². The second-order valence-corrected chi connectivity index (χ2v) is 7.95. The van der Waals surface area contributed by atoms with Gasteiger partial charge < -0.3 is 10.0 Å². The zero-order valence-corrected chi connectivity index (χ0v) is 17.0. The third-order valence-electron chi connectivity index (χ3n) is 5.98. The molecule has 3 aromatic rings. The second kappa shape index (κ2) is 9.36. The highest BCUT2D eigenvalue weighted by molar-refractivity contribution is 5.36. The molecule has 0 aromatic heterocycles. The van der Waals surface area contributed by atoms with E-state index in [0.717, 1.165) is 50.3 Å². The molecule has 1 aliphatic heterocycles. The van der Waals surface area contributed by atoms with Gasteiger partial charge in [-0.15, -0.1) is 0 Å². The first-order valence-electron chi connectivity index (χ1n) is 10.6. The van der Waals surface area contributed by atoms with Crippen LogP contribution in [-0.2, 0) is 12.0 Å². The van der Waals surface area contributed by atoms with Crippen LogP contribution in [0.5, 0.6) is 0 Å². The van der Waals surface area contributed by atoms with E-state index in [9.17, 15) is 5.11 Å². The predicted octanol–water partition coefficient (Wildman–Crippen LogP) is 3.78. The molecule has 1 fully saturated rings. The summed E-state index contributed by atoms with van der Waals surface area (Å²) in [5.74, 6) is 0. The Balaban J connectivity index is 1.39. The SMILES string of the molecule is OC(CN1CCN(CCc2ccccc2)CC1)(c1ccccc1)c1ccccc1. The van der Waals surface area contributed by atoms with Gasteiger partial charge in [-0.25, -0.2) is 0 Å². The molecular weight excluding hydrogens is 356 g/mol. The van der Waals surface area contributed by atoms with Crippen molar-refractivity contribution in [3.05, 3.63) is 108 Å². The lowest BCUT2D eigenvalue weighted by Gasteiger charge is -2.40. The number of benzene rings is 3. The molecule has 0 spiro atoms. The fraction of sp³-hybridized carbons (Fsp3) is 0.308. The normalized spacial score (nSPS) is 16.0. The van der Waals surface area contributed by atoms with E-state index in [1.165, 1.54) is 5.56 Å². The summed E-state index contributed by atoms with van der Waals surface area (Å²) in [6.07, 6.45) is 1.10. The van der Waals surface area contributed by atoms with Crippen molar-refractivity contribution >= 4 is 0 Å². The molecule has 0 atom stereocenters. The Morgan fingerprint density at radius 2 is 1.07 bits per heavy atom. The number of aliphatic hydroxyl groups is 1. The standard InChI is InChI=1S/C26H30N2O/c29-26(24-12-6-2-7-13-24,25-14-8-3-9-15-25)22-28-20-18-27(19-21-28)17-16-23-10-4-1-5-11-23/h1-15,29H,16-22H2. The molecule has 0 aliphatic carbocycles. The number of β-amino-alcohol motifs (C(OH)–C–C–N with tert-alkyl or cyclic N) is 1. The summed E-state index contributed by atoms with van der Waals surface area (Å²) in [6.45, 7) is 5.78.